The number of carbonyl (C=O) groups excluding carboxylic acids is 1. The summed E-state index contributed by atoms with van der Waals surface area (Å²) in [6.07, 6.45) is 7.50. The Bertz CT molecular complexity index is 262. The summed E-state index contributed by atoms with van der Waals surface area (Å²) in [6, 6.07) is 0. The number of Topliss-reactive ketones (excluding diaryl/α,β-unsaturated/α-hetero) is 1. The first kappa shape index (κ1) is 16.4. The minimum atomic E-state index is 0.293. The normalized spacial score (nSPS) is 24.4. The van der Waals surface area contributed by atoms with Crippen molar-refractivity contribution in [3.63, 3.8) is 0 Å². The van der Waals surface area contributed by atoms with Gasteiger partial charge in [-0.3, -0.25) is 4.79 Å². The minimum absolute atomic E-state index is 0.293. The Hall–Kier alpha value is 0.370. The second-order valence-corrected chi connectivity index (χ2v) is 9.91. The van der Waals surface area contributed by atoms with E-state index in [2.05, 4.69) is 27.7 Å². The van der Waals surface area contributed by atoms with Crippen LogP contribution in [0, 0.1) is 5.41 Å². The van der Waals surface area contributed by atoms with Crippen molar-refractivity contribution >= 4 is 27.4 Å². The van der Waals surface area contributed by atoms with E-state index in [0.717, 1.165) is 25.7 Å². The third kappa shape index (κ3) is 7.08. The van der Waals surface area contributed by atoms with Crippen LogP contribution in [-0.2, 0) is 4.79 Å². The van der Waals surface area contributed by atoms with E-state index in [9.17, 15) is 4.79 Å². The maximum Gasteiger partial charge on any atom is 0.132 e. The number of carbonyl (C=O) groups is 1. The monoisotopic (exact) mass is 288 g/mol. The first-order valence-electron chi connectivity index (χ1n) is 7.13. The molecule has 0 aromatic carbocycles. The molecule has 0 bridgehead atoms. The van der Waals surface area contributed by atoms with Crippen LogP contribution in [0.5, 0.6) is 0 Å². The van der Waals surface area contributed by atoms with Crippen molar-refractivity contribution in [3.8, 4) is 0 Å². The van der Waals surface area contributed by atoms with Gasteiger partial charge < -0.3 is 0 Å². The molecule has 1 heterocycles. The second kappa shape index (κ2) is 7.23. The van der Waals surface area contributed by atoms with Crippen LogP contribution in [0.3, 0.4) is 0 Å². The molecule has 0 saturated carbocycles. The number of hydrogen-bond donors (Lipinski definition) is 0. The van der Waals surface area contributed by atoms with Gasteiger partial charge in [-0.2, -0.15) is 0 Å². The van der Waals surface area contributed by atoms with Gasteiger partial charge in [-0.05, 0) is 38.0 Å². The Morgan fingerprint density at radius 1 is 1.22 bits per heavy atom. The summed E-state index contributed by atoms with van der Waals surface area (Å²) >= 11 is 0. The highest BCUT2D eigenvalue weighted by Crippen LogP contribution is 2.49. The molecule has 0 spiro atoms. The molecule has 0 radical (unpaired) electrons. The topological polar surface area (TPSA) is 17.1 Å². The molecule has 0 N–H and O–H groups in total. The quantitative estimate of drug-likeness (QED) is 0.456. The fourth-order valence-electron chi connectivity index (χ4n) is 2.11. The summed E-state index contributed by atoms with van der Waals surface area (Å²) in [5, 5.41) is 0. The van der Waals surface area contributed by atoms with Gasteiger partial charge in [0.15, 0.2) is 0 Å². The average Bonchev–Trinajstić information content (AvgIpc) is 2.68. The van der Waals surface area contributed by atoms with Gasteiger partial charge in [0.2, 0.25) is 0 Å². The van der Waals surface area contributed by atoms with Crippen LogP contribution < -0.4 is 0 Å². The van der Waals surface area contributed by atoms with Crippen molar-refractivity contribution in [2.75, 3.05) is 5.75 Å². The molecule has 1 rings (SSSR count). The fraction of sp³-hybridized carbons (Fsp3) is 0.933. The van der Waals surface area contributed by atoms with E-state index in [-0.39, 0.29) is 0 Å². The molecule has 0 aromatic rings. The lowest BCUT2D eigenvalue weighted by molar-refractivity contribution is -0.119. The highest BCUT2D eigenvalue weighted by atomic mass is 33.1. The van der Waals surface area contributed by atoms with Gasteiger partial charge in [0.25, 0.3) is 0 Å². The van der Waals surface area contributed by atoms with Crippen LogP contribution in [0.25, 0.3) is 0 Å². The van der Waals surface area contributed by atoms with Gasteiger partial charge in [0, 0.05) is 23.3 Å². The molecule has 1 aliphatic heterocycles. The van der Waals surface area contributed by atoms with Crippen molar-refractivity contribution in [3.05, 3.63) is 0 Å². The molecule has 3 heteroatoms. The molecule has 106 valence electrons. The molecule has 1 fully saturated rings. The van der Waals surface area contributed by atoms with Crippen LogP contribution >= 0.6 is 21.6 Å². The molecular formula is C15H28OS2. The van der Waals surface area contributed by atoms with Crippen LogP contribution in [0.2, 0.25) is 0 Å². The molecule has 1 saturated heterocycles. The predicted octanol–water partition coefficient (Wildman–Crippen LogP) is 5.49. The SMILES string of the molecule is CC(C)(C)CCC(=O)CCCC[C@]1(C)CCSS1. The highest BCUT2D eigenvalue weighted by Gasteiger charge is 2.29. The van der Waals surface area contributed by atoms with E-state index >= 15 is 0 Å². The lowest BCUT2D eigenvalue weighted by Gasteiger charge is -2.21. The molecule has 18 heavy (non-hydrogen) atoms. The molecule has 0 aliphatic carbocycles. The van der Waals surface area contributed by atoms with Gasteiger partial charge in [0.1, 0.15) is 5.78 Å². The van der Waals surface area contributed by atoms with E-state index in [0.29, 0.717) is 15.9 Å². The van der Waals surface area contributed by atoms with Crippen molar-refractivity contribution < 1.29 is 4.79 Å². The summed E-state index contributed by atoms with van der Waals surface area (Å²) in [6.45, 7) is 8.99. The number of rotatable bonds is 7. The lowest BCUT2D eigenvalue weighted by Crippen LogP contribution is -2.15. The minimum Gasteiger partial charge on any atom is -0.300 e. The van der Waals surface area contributed by atoms with Crippen LogP contribution in [0.15, 0.2) is 0 Å². The van der Waals surface area contributed by atoms with Crippen molar-refractivity contribution in [1.82, 2.24) is 0 Å². The maximum absolute atomic E-state index is 11.8. The third-order valence-electron chi connectivity index (χ3n) is 3.54. The summed E-state index contributed by atoms with van der Waals surface area (Å²) in [5.74, 6) is 1.76. The molecule has 0 amide bonds. The van der Waals surface area contributed by atoms with E-state index < -0.39 is 0 Å². The average molecular weight is 289 g/mol. The van der Waals surface area contributed by atoms with Crippen molar-refractivity contribution in [2.24, 2.45) is 5.41 Å². The van der Waals surface area contributed by atoms with E-state index in [1.54, 1.807) is 0 Å². The summed E-state index contributed by atoms with van der Waals surface area (Å²) in [4.78, 5) is 11.8. The van der Waals surface area contributed by atoms with E-state index in [1.807, 2.05) is 21.6 Å². The van der Waals surface area contributed by atoms with Crippen molar-refractivity contribution in [2.45, 2.75) is 77.4 Å². The Balaban J connectivity index is 2.05. The molecule has 1 nitrogen and oxygen atoms in total. The van der Waals surface area contributed by atoms with Gasteiger partial charge in [0.05, 0.1) is 0 Å². The standard InChI is InChI=1S/C15H28OS2/c1-14(2,3)10-8-13(16)7-5-6-9-15(4)11-12-17-18-15/h5-12H2,1-4H3/t15-/m1/s1. The van der Waals surface area contributed by atoms with Crippen LogP contribution in [0.1, 0.15) is 72.6 Å². The second-order valence-electron chi connectivity index (χ2n) is 6.91. The zero-order valence-corrected chi connectivity index (χ0v) is 14.0. The van der Waals surface area contributed by atoms with E-state index in [4.69, 9.17) is 0 Å². The zero-order chi connectivity index (χ0) is 13.6. The Morgan fingerprint density at radius 3 is 2.50 bits per heavy atom. The van der Waals surface area contributed by atoms with Gasteiger partial charge >= 0.3 is 0 Å². The zero-order valence-electron chi connectivity index (χ0n) is 12.4. The maximum atomic E-state index is 11.8. The first-order chi connectivity index (χ1) is 8.31. The smallest absolute Gasteiger partial charge is 0.132 e. The van der Waals surface area contributed by atoms with Crippen LogP contribution in [-0.4, -0.2) is 16.3 Å². The molecule has 0 unspecified atom stereocenters. The lowest BCUT2D eigenvalue weighted by atomic mass is 9.89. The number of hydrogen-bond acceptors (Lipinski definition) is 3. The summed E-state index contributed by atoms with van der Waals surface area (Å²) in [5.41, 5.74) is 0.293. The van der Waals surface area contributed by atoms with E-state index in [1.165, 1.54) is 25.0 Å². The number of unbranched alkanes of at least 4 members (excludes halogenated alkanes) is 1. The number of ketones is 1. The molecular weight excluding hydrogens is 260 g/mol. The fourth-order valence-corrected chi connectivity index (χ4v) is 5.41. The Labute approximate surface area is 121 Å². The van der Waals surface area contributed by atoms with Gasteiger partial charge in [-0.15, -0.1) is 0 Å². The summed E-state index contributed by atoms with van der Waals surface area (Å²) < 4.78 is 0.485. The molecule has 1 aliphatic rings. The largest absolute Gasteiger partial charge is 0.300 e. The Morgan fingerprint density at radius 2 is 1.94 bits per heavy atom. The molecule has 0 aromatic heterocycles. The summed E-state index contributed by atoms with van der Waals surface area (Å²) in [7, 11) is 4.05. The highest BCUT2D eigenvalue weighted by molar-refractivity contribution is 8.77. The molecule has 1 atom stereocenters. The van der Waals surface area contributed by atoms with Gasteiger partial charge in [-0.1, -0.05) is 48.8 Å². The predicted molar refractivity (Wildman–Crippen MR) is 85.2 cm³/mol. The first-order valence-corrected chi connectivity index (χ1v) is 9.45. The Kier molecular flexibility index (Phi) is 6.60. The third-order valence-corrected chi connectivity index (χ3v) is 6.90. The van der Waals surface area contributed by atoms with Gasteiger partial charge in [-0.25, -0.2) is 0 Å². The van der Waals surface area contributed by atoms with Crippen LogP contribution in [0.4, 0.5) is 0 Å². The van der Waals surface area contributed by atoms with Crippen molar-refractivity contribution in [1.29, 1.82) is 0 Å².